The van der Waals surface area contributed by atoms with Gasteiger partial charge in [-0.3, -0.25) is 0 Å². The zero-order valence-electron chi connectivity index (χ0n) is 8.24. The minimum Gasteiger partial charge on any atom is -0.465 e. The molecule has 0 atom stereocenters. The van der Waals surface area contributed by atoms with E-state index >= 15 is 0 Å². The molecule has 0 heterocycles. The van der Waals surface area contributed by atoms with Crippen molar-refractivity contribution in [2.45, 2.75) is 0 Å². The lowest BCUT2D eigenvalue weighted by Gasteiger charge is -2.06. The summed E-state index contributed by atoms with van der Waals surface area (Å²) in [5.41, 5.74) is 0.584. The highest BCUT2D eigenvalue weighted by Gasteiger charge is 2.17. The summed E-state index contributed by atoms with van der Waals surface area (Å²) in [4.78, 5) is 22.6. The zero-order chi connectivity index (χ0) is 11.4. The largest absolute Gasteiger partial charge is 0.465 e. The van der Waals surface area contributed by atoms with E-state index in [4.69, 9.17) is 0 Å². The van der Waals surface area contributed by atoms with Crippen LogP contribution >= 0.6 is 15.9 Å². The van der Waals surface area contributed by atoms with E-state index in [1.807, 2.05) is 0 Å². The quantitative estimate of drug-likeness (QED) is 0.773. The molecule has 1 rings (SSSR count). The Kier molecular flexibility index (Phi) is 3.85. The topological polar surface area (TPSA) is 52.6 Å². The third kappa shape index (κ3) is 2.36. The molecule has 0 saturated heterocycles. The second kappa shape index (κ2) is 4.93. The summed E-state index contributed by atoms with van der Waals surface area (Å²) >= 11 is 3.16. The van der Waals surface area contributed by atoms with Crippen molar-refractivity contribution in [2.24, 2.45) is 0 Å². The van der Waals surface area contributed by atoms with Crippen LogP contribution in [0.3, 0.4) is 0 Å². The van der Waals surface area contributed by atoms with E-state index in [9.17, 15) is 9.59 Å². The lowest BCUT2D eigenvalue weighted by molar-refractivity contribution is 0.0597. The van der Waals surface area contributed by atoms with Crippen molar-refractivity contribution >= 4 is 27.9 Å². The van der Waals surface area contributed by atoms with E-state index in [1.165, 1.54) is 14.2 Å². The first kappa shape index (κ1) is 11.7. The van der Waals surface area contributed by atoms with E-state index in [1.54, 1.807) is 18.2 Å². The average molecular weight is 273 g/mol. The molecule has 0 aliphatic rings. The van der Waals surface area contributed by atoms with Crippen molar-refractivity contribution < 1.29 is 19.1 Å². The fraction of sp³-hybridized carbons (Fsp3) is 0.200. The van der Waals surface area contributed by atoms with Crippen LogP contribution in [0.4, 0.5) is 0 Å². The Hall–Kier alpha value is -1.36. The summed E-state index contributed by atoms with van der Waals surface area (Å²) in [5.74, 6) is -1.01. The van der Waals surface area contributed by atoms with Crippen LogP contribution in [0.1, 0.15) is 20.7 Å². The van der Waals surface area contributed by atoms with Gasteiger partial charge in [0.05, 0.1) is 25.3 Å². The number of hydrogen-bond acceptors (Lipinski definition) is 4. The molecule has 15 heavy (non-hydrogen) atoms. The van der Waals surface area contributed by atoms with Crippen LogP contribution in [0, 0.1) is 0 Å². The van der Waals surface area contributed by atoms with Gasteiger partial charge in [0.25, 0.3) is 0 Å². The predicted octanol–water partition coefficient (Wildman–Crippen LogP) is 2.02. The molecule has 4 nitrogen and oxygen atoms in total. The van der Waals surface area contributed by atoms with Crippen LogP contribution in [0.15, 0.2) is 22.7 Å². The van der Waals surface area contributed by atoms with Crippen LogP contribution in [0.2, 0.25) is 0 Å². The number of benzene rings is 1. The SMILES string of the molecule is COC(=O)c1cccc(C(=O)OC)c1Br. The van der Waals surface area contributed by atoms with Gasteiger partial charge in [0.1, 0.15) is 0 Å². The molecule has 0 aromatic heterocycles. The maximum atomic E-state index is 11.3. The second-order valence-electron chi connectivity index (χ2n) is 2.65. The normalized spacial score (nSPS) is 9.53. The standard InChI is InChI=1S/C10H9BrO4/c1-14-9(12)6-4-3-5-7(8(6)11)10(13)15-2/h3-5H,1-2H3. The maximum Gasteiger partial charge on any atom is 0.339 e. The molecule has 0 unspecified atom stereocenters. The highest BCUT2D eigenvalue weighted by Crippen LogP contribution is 2.23. The third-order valence-electron chi connectivity index (χ3n) is 1.81. The minimum absolute atomic E-state index is 0.292. The molecule has 1 aromatic carbocycles. The number of halogens is 1. The van der Waals surface area contributed by atoms with E-state index in [0.29, 0.717) is 15.6 Å². The molecular formula is C10H9BrO4. The van der Waals surface area contributed by atoms with Gasteiger partial charge in [-0.1, -0.05) is 6.07 Å². The summed E-state index contributed by atoms with van der Waals surface area (Å²) < 4.78 is 9.51. The van der Waals surface area contributed by atoms with E-state index < -0.39 is 11.9 Å². The van der Waals surface area contributed by atoms with Gasteiger partial charge in [0, 0.05) is 4.47 Å². The fourth-order valence-corrected chi connectivity index (χ4v) is 1.66. The summed E-state index contributed by atoms with van der Waals surface area (Å²) in [6.45, 7) is 0. The van der Waals surface area contributed by atoms with Crippen LogP contribution in [-0.4, -0.2) is 26.2 Å². The van der Waals surface area contributed by atoms with Gasteiger partial charge in [-0.05, 0) is 28.1 Å². The number of carbonyl (C=O) groups is 2. The highest BCUT2D eigenvalue weighted by molar-refractivity contribution is 9.10. The van der Waals surface area contributed by atoms with Crippen molar-refractivity contribution in [2.75, 3.05) is 14.2 Å². The lowest BCUT2D eigenvalue weighted by Crippen LogP contribution is -2.08. The van der Waals surface area contributed by atoms with Gasteiger partial charge in [-0.15, -0.1) is 0 Å². The Morgan fingerprint density at radius 1 is 1.07 bits per heavy atom. The molecule has 0 amide bonds. The zero-order valence-corrected chi connectivity index (χ0v) is 9.83. The van der Waals surface area contributed by atoms with Crippen molar-refractivity contribution in [3.63, 3.8) is 0 Å². The molecule has 5 heteroatoms. The molecule has 0 aliphatic heterocycles. The van der Waals surface area contributed by atoms with E-state index in [-0.39, 0.29) is 0 Å². The van der Waals surface area contributed by atoms with Crippen molar-refractivity contribution in [1.29, 1.82) is 0 Å². The van der Waals surface area contributed by atoms with Gasteiger partial charge in [-0.2, -0.15) is 0 Å². The minimum atomic E-state index is -0.507. The van der Waals surface area contributed by atoms with Crippen molar-refractivity contribution in [3.8, 4) is 0 Å². The number of methoxy groups -OCH3 is 2. The van der Waals surface area contributed by atoms with Gasteiger partial charge < -0.3 is 9.47 Å². The Balaban J connectivity index is 3.23. The second-order valence-corrected chi connectivity index (χ2v) is 3.44. The Morgan fingerprint density at radius 2 is 1.47 bits per heavy atom. The van der Waals surface area contributed by atoms with E-state index in [0.717, 1.165) is 0 Å². The molecular weight excluding hydrogens is 264 g/mol. The number of carbonyl (C=O) groups excluding carboxylic acids is 2. The van der Waals surface area contributed by atoms with Crippen LogP contribution < -0.4 is 0 Å². The third-order valence-corrected chi connectivity index (χ3v) is 2.66. The summed E-state index contributed by atoms with van der Waals surface area (Å²) in [5, 5.41) is 0. The molecule has 0 spiro atoms. The summed E-state index contributed by atoms with van der Waals surface area (Å²) in [6, 6.07) is 4.70. The van der Waals surface area contributed by atoms with E-state index in [2.05, 4.69) is 25.4 Å². The monoisotopic (exact) mass is 272 g/mol. The van der Waals surface area contributed by atoms with Crippen molar-refractivity contribution in [3.05, 3.63) is 33.8 Å². The van der Waals surface area contributed by atoms with Crippen LogP contribution in [0.5, 0.6) is 0 Å². The van der Waals surface area contributed by atoms with Gasteiger partial charge >= 0.3 is 11.9 Å². The summed E-state index contributed by atoms with van der Waals surface area (Å²) in [7, 11) is 2.55. The number of ether oxygens (including phenoxy) is 2. The van der Waals surface area contributed by atoms with Crippen molar-refractivity contribution in [1.82, 2.24) is 0 Å². The molecule has 0 fully saturated rings. The number of esters is 2. The molecule has 0 N–H and O–H groups in total. The molecule has 0 aliphatic carbocycles. The van der Waals surface area contributed by atoms with Gasteiger partial charge in [0.15, 0.2) is 0 Å². The Bertz CT molecular complexity index is 366. The Labute approximate surface area is 95.3 Å². The maximum absolute atomic E-state index is 11.3. The lowest BCUT2D eigenvalue weighted by atomic mass is 10.1. The number of rotatable bonds is 2. The van der Waals surface area contributed by atoms with Crippen LogP contribution in [0.25, 0.3) is 0 Å². The fourth-order valence-electron chi connectivity index (χ4n) is 1.07. The summed E-state index contributed by atoms with van der Waals surface area (Å²) in [6.07, 6.45) is 0. The smallest absolute Gasteiger partial charge is 0.339 e. The average Bonchev–Trinajstić information content (AvgIpc) is 2.27. The molecule has 0 radical (unpaired) electrons. The number of hydrogen-bond donors (Lipinski definition) is 0. The van der Waals surface area contributed by atoms with Gasteiger partial charge in [0.2, 0.25) is 0 Å². The van der Waals surface area contributed by atoms with Crippen LogP contribution in [-0.2, 0) is 9.47 Å². The molecule has 1 aromatic rings. The molecule has 80 valence electrons. The predicted molar refractivity (Wildman–Crippen MR) is 56.8 cm³/mol. The first-order valence-electron chi connectivity index (χ1n) is 4.07. The Morgan fingerprint density at radius 3 is 1.80 bits per heavy atom. The first-order chi connectivity index (χ1) is 7.11. The highest BCUT2D eigenvalue weighted by atomic mass is 79.9. The molecule has 0 bridgehead atoms. The molecule has 0 saturated carbocycles. The first-order valence-corrected chi connectivity index (χ1v) is 4.86. The van der Waals surface area contributed by atoms with Gasteiger partial charge in [-0.25, -0.2) is 9.59 Å².